The Morgan fingerprint density at radius 2 is 1.74 bits per heavy atom. The van der Waals surface area contributed by atoms with Gasteiger partial charge in [0.15, 0.2) is 5.82 Å². The maximum atomic E-state index is 13.5. The lowest BCUT2D eigenvalue weighted by atomic mass is 10.1. The lowest BCUT2D eigenvalue weighted by Crippen LogP contribution is -2.15. The van der Waals surface area contributed by atoms with Gasteiger partial charge in [0, 0.05) is 16.3 Å². The summed E-state index contributed by atoms with van der Waals surface area (Å²) in [6, 6.07) is 17.0. The fourth-order valence-electron chi connectivity index (χ4n) is 3.23. The van der Waals surface area contributed by atoms with Gasteiger partial charge in [-0.3, -0.25) is 4.79 Å². The smallest absolute Gasteiger partial charge is 0.295 e. The number of aryl methyl sites for hydroxylation is 2. The second kappa shape index (κ2) is 8.32. The first-order valence-electron chi connectivity index (χ1n) is 9.70. The number of carbonyl (C=O) groups is 1. The highest BCUT2D eigenvalue weighted by molar-refractivity contribution is 6.31. The van der Waals surface area contributed by atoms with Crippen LogP contribution in [0.5, 0.6) is 0 Å². The highest BCUT2D eigenvalue weighted by Crippen LogP contribution is 2.26. The van der Waals surface area contributed by atoms with Crippen LogP contribution in [0.25, 0.3) is 17.1 Å². The largest absolute Gasteiger partial charge is 0.319 e. The molecule has 0 aliphatic heterocycles. The lowest BCUT2D eigenvalue weighted by molar-refractivity contribution is 0.101. The fraction of sp³-hybridized carbons (Fsp3) is 0.125. The first-order chi connectivity index (χ1) is 14.8. The number of hydrogen-bond acceptors (Lipinski definition) is 3. The summed E-state index contributed by atoms with van der Waals surface area (Å²) in [5.74, 6) is -0.366. The van der Waals surface area contributed by atoms with E-state index in [1.807, 2.05) is 45.0 Å². The molecule has 156 valence electrons. The van der Waals surface area contributed by atoms with Crippen molar-refractivity contribution in [3.05, 3.63) is 94.0 Å². The molecule has 5 nitrogen and oxygen atoms in total. The van der Waals surface area contributed by atoms with Gasteiger partial charge in [-0.25, -0.2) is 14.1 Å². The SMILES string of the molecule is Cc1ccc(Cl)cc1NC(=O)c1nc(-c2ccc(F)cc2)n(-c2cccc(C)c2C)n1. The average Bonchev–Trinajstić information content (AvgIpc) is 3.18. The third-order valence-electron chi connectivity index (χ3n) is 5.16. The number of anilines is 1. The van der Waals surface area contributed by atoms with Crippen molar-refractivity contribution in [2.45, 2.75) is 20.8 Å². The Kier molecular flexibility index (Phi) is 5.57. The van der Waals surface area contributed by atoms with Crippen LogP contribution < -0.4 is 5.32 Å². The van der Waals surface area contributed by atoms with Crippen molar-refractivity contribution in [2.75, 3.05) is 5.32 Å². The summed E-state index contributed by atoms with van der Waals surface area (Å²) < 4.78 is 15.1. The molecule has 0 atom stereocenters. The zero-order valence-corrected chi connectivity index (χ0v) is 18.0. The zero-order chi connectivity index (χ0) is 22.1. The van der Waals surface area contributed by atoms with Crippen molar-refractivity contribution >= 4 is 23.2 Å². The number of rotatable bonds is 4. The summed E-state index contributed by atoms with van der Waals surface area (Å²) in [4.78, 5) is 17.4. The van der Waals surface area contributed by atoms with E-state index in [2.05, 4.69) is 15.4 Å². The summed E-state index contributed by atoms with van der Waals surface area (Å²) >= 11 is 6.06. The molecule has 3 aromatic carbocycles. The molecule has 4 rings (SSSR count). The fourth-order valence-corrected chi connectivity index (χ4v) is 3.41. The van der Waals surface area contributed by atoms with Gasteiger partial charge in [-0.05, 0) is 79.9 Å². The Morgan fingerprint density at radius 1 is 1.00 bits per heavy atom. The van der Waals surface area contributed by atoms with E-state index in [9.17, 15) is 9.18 Å². The molecule has 1 N–H and O–H groups in total. The first-order valence-corrected chi connectivity index (χ1v) is 10.1. The molecular formula is C24H20ClFN4O. The molecule has 0 aliphatic rings. The molecule has 7 heteroatoms. The number of hydrogen-bond donors (Lipinski definition) is 1. The summed E-state index contributed by atoms with van der Waals surface area (Å²) in [6.07, 6.45) is 0. The van der Waals surface area contributed by atoms with E-state index in [0.29, 0.717) is 22.1 Å². The van der Waals surface area contributed by atoms with Gasteiger partial charge in [0.2, 0.25) is 5.82 Å². The number of nitrogens with one attached hydrogen (secondary N) is 1. The summed E-state index contributed by atoms with van der Waals surface area (Å²) in [5, 5.41) is 7.84. The Hall–Kier alpha value is -3.51. The minimum Gasteiger partial charge on any atom is -0.319 e. The topological polar surface area (TPSA) is 59.8 Å². The third kappa shape index (κ3) is 4.20. The van der Waals surface area contributed by atoms with Gasteiger partial charge in [0.25, 0.3) is 5.91 Å². The van der Waals surface area contributed by atoms with Crippen molar-refractivity contribution in [2.24, 2.45) is 0 Å². The molecule has 0 aliphatic carbocycles. The van der Waals surface area contributed by atoms with Crippen LogP contribution in [0, 0.1) is 26.6 Å². The standard InChI is InChI=1S/C24H20ClFN4O/c1-14-5-4-6-21(16(14)3)30-23(17-8-11-19(26)12-9-17)28-22(29-30)24(31)27-20-13-18(25)10-7-15(20)2/h4-13H,1-3H3,(H,27,31). The minimum atomic E-state index is -0.460. The molecule has 0 saturated heterocycles. The molecule has 0 saturated carbocycles. The predicted octanol–water partition coefficient (Wildman–Crippen LogP) is 5.90. The van der Waals surface area contributed by atoms with Crippen LogP contribution in [0.4, 0.5) is 10.1 Å². The zero-order valence-electron chi connectivity index (χ0n) is 17.3. The maximum absolute atomic E-state index is 13.5. The van der Waals surface area contributed by atoms with Crippen LogP contribution in [0.1, 0.15) is 27.3 Å². The van der Waals surface area contributed by atoms with Gasteiger partial charge in [0.05, 0.1) is 5.69 Å². The quantitative estimate of drug-likeness (QED) is 0.434. The van der Waals surface area contributed by atoms with E-state index in [-0.39, 0.29) is 11.6 Å². The number of nitrogens with zero attached hydrogens (tertiary/aromatic N) is 3. The van der Waals surface area contributed by atoms with Crippen molar-refractivity contribution in [1.82, 2.24) is 14.8 Å². The van der Waals surface area contributed by atoms with E-state index >= 15 is 0 Å². The molecule has 0 radical (unpaired) electrons. The molecule has 1 aromatic heterocycles. The molecule has 1 amide bonds. The minimum absolute atomic E-state index is 0.000364. The van der Waals surface area contributed by atoms with Crippen molar-refractivity contribution in [1.29, 1.82) is 0 Å². The van der Waals surface area contributed by atoms with Crippen LogP contribution >= 0.6 is 11.6 Å². The normalized spacial score (nSPS) is 10.9. The second-order valence-corrected chi connectivity index (χ2v) is 7.75. The number of benzene rings is 3. The number of aromatic nitrogens is 3. The molecule has 1 heterocycles. The summed E-state index contributed by atoms with van der Waals surface area (Å²) in [5.41, 5.74) is 4.99. The molecule has 4 aromatic rings. The van der Waals surface area contributed by atoms with Gasteiger partial charge < -0.3 is 5.32 Å². The van der Waals surface area contributed by atoms with E-state index in [0.717, 1.165) is 22.4 Å². The van der Waals surface area contributed by atoms with E-state index in [4.69, 9.17) is 11.6 Å². The van der Waals surface area contributed by atoms with Crippen LogP contribution in [0.3, 0.4) is 0 Å². The highest BCUT2D eigenvalue weighted by Gasteiger charge is 2.20. The molecule has 0 spiro atoms. The Labute approximate surface area is 184 Å². The molecule has 31 heavy (non-hydrogen) atoms. The molecule has 0 fully saturated rings. The molecule has 0 unspecified atom stereocenters. The monoisotopic (exact) mass is 434 g/mol. The van der Waals surface area contributed by atoms with Crippen LogP contribution in [0.2, 0.25) is 5.02 Å². The van der Waals surface area contributed by atoms with Gasteiger partial charge >= 0.3 is 0 Å². The van der Waals surface area contributed by atoms with Gasteiger partial charge in [-0.1, -0.05) is 29.8 Å². The van der Waals surface area contributed by atoms with Crippen LogP contribution in [0.15, 0.2) is 60.7 Å². The van der Waals surface area contributed by atoms with Gasteiger partial charge in [-0.15, -0.1) is 5.10 Å². The summed E-state index contributed by atoms with van der Waals surface area (Å²) in [7, 11) is 0. The van der Waals surface area contributed by atoms with Crippen molar-refractivity contribution in [3.63, 3.8) is 0 Å². The second-order valence-electron chi connectivity index (χ2n) is 7.31. The molecule has 0 bridgehead atoms. The van der Waals surface area contributed by atoms with Crippen molar-refractivity contribution in [3.8, 4) is 17.1 Å². The van der Waals surface area contributed by atoms with Crippen molar-refractivity contribution < 1.29 is 9.18 Å². The van der Waals surface area contributed by atoms with Gasteiger partial charge in [0.1, 0.15) is 5.82 Å². The molecular weight excluding hydrogens is 415 g/mol. The Balaban J connectivity index is 1.81. The summed E-state index contributed by atoms with van der Waals surface area (Å²) in [6.45, 7) is 5.86. The van der Waals surface area contributed by atoms with Crippen LogP contribution in [-0.4, -0.2) is 20.7 Å². The average molecular weight is 435 g/mol. The number of halogens is 2. The number of amides is 1. The Bertz CT molecular complexity index is 1280. The van der Waals surface area contributed by atoms with Crippen LogP contribution in [-0.2, 0) is 0 Å². The van der Waals surface area contributed by atoms with Gasteiger partial charge in [-0.2, -0.15) is 0 Å². The first kappa shape index (κ1) is 20.8. The predicted molar refractivity (Wildman–Crippen MR) is 120 cm³/mol. The third-order valence-corrected chi connectivity index (χ3v) is 5.40. The Morgan fingerprint density at radius 3 is 2.48 bits per heavy atom. The number of carbonyl (C=O) groups excluding carboxylic acids is 1. The lowest BCUT2D eigenvalue weighted by Gasteiger charge is -2.11. The van der Waals surface area contributed by atoms with E-state index < -0.39 is 5.91 Å². The van der Waals surface area contributed by atoms with E-state index in [1.165, 1.54) is 12.1 Å². The highest BCUT2D eigenvalue weighted by atomic mass is 35.5. The maximum Gasteiger partial charge on any atom is 0.295 e. The van der Waals surface area contributed by atoms with E-state index in [1.54, 1.807) is 28.9 Å².